The first kappa shape index (κ1) is 16.2. The molecule has 0 bridgehead atoms. The lowest BCUT2D eigenvalue weighted by Gasteiger charge is -2.09. The second kappa shape index (κ2) is 7.25. The third kappa shape index (κ3) is 3.98. The largest absolute Gasteiger partial charge is 0.382 e. The van der Waals surface area contributed by atoms with Gasteiger partial charge in [-0.25, -0.2) is 4.39 Å². The van der Waals surface area contributed by atoms with Gasteiger partial charge >= 0.3 is 0 Å². The van der Waals surface area contributed by atoms with Crippen LogP contribution in [-0.2, 0) is 23.1 Å². The molecule has 1 aromatic heterocycles. The summed E-state index contributed by atoms with van der Waals surface area (Å²) in [7, 11) is 1.82. The lowest BCUT2D eigenvalue weighted by Crippen LogP contribution is -2.35. The van der Waals surface area contributed by atoms with Gasteiger partial charge in [-0.15, -0.1) is 0 Å². The van der Waals surface area contributed by atoms with Gasteiger partial charge in [-0.05, 0) is 30.5 Å². The smallest absolute Gasteiger partial charge is 0.264 e. The predicted octanol–water partition coefficient (Wildman–Crippen LogP) is 1.80. The molecule has 1 aliphatic rings. The summed E-state index contributed by atoms with van der Waals surface area (Å²) in [6.45, 7) is 0.540. The average molecular weight is 330 g/mol. The van der Waals surface area contributed by atoms with Crippen LogP contribution in [0.15, 0.2) is 41.8 Å². The molecule has 0 radical (unpaired) electrons. The Kier molecular flexibility index (Phi) is 4.88. The molecule has 1 N–H and O–H groups in total. The maximum atomic E-state index is 12.8. The van der Waals surface area contributed by atoms with Crippen molar-refractivity contribution < 1.29 is 14.0 Å². The van der Waals surface area contributed by atoms with Crippen molar-refractivity contribution >= 4 is 11.6 Å². The first-order valence-corrected chi connectivity index (χ1v) is 7.85. The van der Waals surface area contributed by atoms with Gasteiger partial charge in [-0.2, -0.15) is 5.10 Å². The molecule has 0 saturated carbocycles. The number of nitrogens with zero attached hydrogens (tertiary/aromatic N) is 3. The highest BCUT2D eigenvalue weighted by atomic mass is 19.1. The molecule has 1 amide bonds. The maximum absolute atomic E-state index is 12.8. The Balaban J connectivity index is 1.39. The molecule has 0 saturated heterocycles. The van der Waals surface area contributed by atoms with Crippen LogP contribution in [-0.4, -0.2) is 34.0 Å². The van der Waals surface area contributed by atoms with E-state index in [1.807, 2.05) is 13.2 Å². The summed E-state index contributed by atoms with van der Waals surface area (Å²) in [6, 6.07) is 6.39. The highest BCUT2D eigenvalue weighted by Crippen LogP contribution is 2.16. The molecule has 1 atom stereocenters. The molecular formula is C17H19FN4O2. The number of aryl methyl sites for hydroxylation is 2. The topological polar surface area (TPSA) is 68.5 Å². The van der Waals surface area contributed by atoms with E-state index in [1.54, 1.807) is 23.0 Å². The molecule has 3 rings (SSSR count). The van der Waals surface area contributed by atoms with Gasteiger partial charge in [0.1, 0.15) is 5.82 Å². The van der Waals surface area contributed by atoms with Gasteiger partial charge in [0.2, 0.25) is 6.10 Å². The third-order valence-corrected chi connectivity index (χ3v) is 3.85. The molecule has 0 spiro atoms. The summed E-state index contributed by atoms with van der Waals surface area (Å²) in [5.41, 5.74) is 2.64. The van der Waals surface area contributed by atoms with Crippen molar-refractivity contribution in [1.29, 1.82) is 0 Å². The van der Waals surface area contributed by atoms with Crippen molar-refractivity contribution in [3.63, 3.8) is 0 Å². The van der Waals surface area contributed by atoms with Crippen LogP contribution in [0.25, 0.3) is 0 Å². The van der Waals surface area contributed by atoms with E-state index >= 15 is 0 Å². The number of oxime groups is 1. The fourth-order valence-corrected chi connectivity index (χ4v) is 2.53. The Morgan fingerprint density at radius 1 is 1.42 bits per heavy atom. The highest BCUT2D eigenvalue weighted by molar-refractivity contribution is 6.03. The molecule has 1 aromatic carbocycles. The lowest BCUT2D eigenvalue weighted by atomic mass is 10.1. The van der Waals surface area contributed by atoms with E-state index in [-0.39, 0.29) is 11.7 Å². The number of rotatable bonds is 6. The van der Waals surface area contributed by atoms with Gasteiger partial charge in [-0.1, -0.05) is 17.3 Å². The van der Waals surface area contributed by atoms with Crippen molar-refractivity contribution in [2.45, 2.75) is 25.4 Å². The van der Waals surface area contributed by atoms with Crippen molar-refractivity contribution in [1.82, 2.24) is 15.1 Å². The molecule has 0 fully saturated rings. The Hall–Kier alpha value is -2.70. The fraction of sp³-hybridized carbons (Fsp3) is 0.353. The first-order valence-electron chi connectivity index (χ1n) is 7.85. The van der Waals surface area contributed by atoms with E-state index in [1.165, 1.54) is 12.1 Å². The van der Waals surface area contributed by atoms with Crippen molar-refractivity contribution in [2.24, 2.45) is 12.2 Å². The van der Waals surface area contributed by atoms with Gasteiger partial charge in [0.25, 0.3) is 5.91 Å². The van der Waals surface area contributed by atoms with E-state index in [4.69, 9.17) is 4.84 Å². The van der Waals surface area contributed by atoms with E-state index in [2.05, 4.69) is 15.6 Å². The van der Waals surface area contributed by atoms with Gasteiger partial charge in [0.05, 0.1) is 11.9 Å². The Morgan fingerprint density at radius 2 is 2.21 bits per heavy atom. The minimum absolute atomic E-state index is 0.170. The SMILES string of the molecule is Cn1cc(C2=NOC(C(=O)NCCCc3ccc(F)cc3)C2)cn1. The van der Waals surface area contributed by atoms with Gasteiger partial charge < -0.3 is 10.2 Å². The molecule has 0 aliphatic carbocycles. The van der Waals surface area contributed by atoms with Crippen molar-refractivity contribution in [2.75, 3.05) is 6.54 Å². The lowest BCUT2D eigenvalue weighted by molar-refractivity contribution is -0.131. The average Bonchev–Trinajstić information content (AvgIpc) is 3.22. The second-order valence-corrected chi connectivity index (χ2v) is 5.76. The van der Waals surface area contributed by atoms with Crippen LogP contribution in [0.5, 0.6) is 0 Å². The number of amides is 1. The quantitative estimate of drug-likeness (QED) is 0.821. The summed E-state index contributed by atoms with van der Waals surface area (Å²) >= 11 is 0. The van der Waals surface area contributed by atoms with E-state index in [0.29, 0.717) is 13.0 Å². The van der Waals surface area contributed by atoms with Crippen molar-refractivity contribution in [3.8, 4) is 0 Å². The molecule has 2 aromatic rings. The van der Waals surface area contributed by atoms with Crippen LogP contribution in [0.3, 0.4) is 0 Å². The standard InChI is InChI=1S/C17H19FN4O2/c1-22-11-13(10-20-22)15-9-16(24-21-15)17(23)19-8-2-3-12-4-6-14(18)7-5-12/h4-7,10-11,16H,2-3,8-9H2,1H3,(H,19,23). The number of aromatic nitrogens is 2. The minimum Gasteiger partial charge on any atom is -0.382 e. The van der Waals surface area contributed by atoms with Crippen molar-refractivity contribution in [3.05, 3.63) is 53.6 Å². The number of carbonyl (C=O) groups is 1. The molecule has 7 heteroatoms. The number of nitrogens with one attached hydrogen (secondary N) is 1. The maximum Gasteiger partial charge on any atom is 0.264 e. The van der Waals surface area contributed by atoms with Crippen LogP contribution >= 0.6 is 0 Å². The van der Waals surface area contributed by atoms with Crippen LogP contribution in [0, 0.1) is 5.82 Å². The third-order valence-electron chi connectivity index (χ3n) is 3.85. The van der Waals surface area contributed by atoms with Crippen LogP contribution in [0.2, 0.25) is 0 Å². The van der Waals surface area contributed by atoms with Crippen LogP contribution in [0.1, 0.15) is 24.0 Å². The summed E-state index contributed by atoms with van der Waals surface area (Å²) in [5, 5.41) is 10.9. The molecule has 1 aliphatic heterocycles. The number of hydrogen-bond acceptors (Lipinski definition) is 4. The Morgan fingerprint density at radius 3 is 2.92 bits per heavy atom. The second-order valence-electron chi connectivity index (χ2n) is 5.76. The van der Waals surface area contributed by atoms with Crippen LogP contribution in [0.4, 0.5) is 4.39 Å². The van der Waals surface area contributed by atoms with Gasteiger partial charge in [-0.3, -0.25) is 9.48 Å². The number of benzene rings is 1. The monoisotopic (exact) mass is 330 g/mol. The fourth-order valence-electron chi connectivity index (χ4n) is 2.53. The first-order chi connectivity index (χ1) is 11.6. The minimum atomic E-state index is -0.592. The normalized spacial score (nSPS) is 16.6. The molecular weight excluding hydrogens is 311 g/mol. The molecule has 126 valence electrons. The van der Waals surface area contributed by atoms with E-state index in [9.17, 15) is 9.18 Å². The number of hydrogen-bond donors (Lipinski definition) is 1. The van der Waals surface area contributed by atoms with Crippen LogP contribution < -0.4 is 5.32 Å². The molecule has 6 nitrogen and oxygen atoms in total. The number of carbonyl (C=O) groups excluding carboxylic acids is 1. The predicted molar refractivity (Wildman–Crippen MR) is 87.0 cm³/mol. The summed E-state index contributed by atoms with van der Waals surface area (Å²) in [4.78, 5) is 17.3. The van der Waals surface area contributed by atoms with Gasteiger partial charge in [0, 0.05) is 31.8 Å². The Labute approximate surface area is 139 Å². The zero-order chi connectivity index (χ0) is 16.9. The zero-order valence-electron chi connectivity index (χ0n) is 13.4. The van der Waals surface area contributed by atoms with E-state index < -0.39 is 6.10 Å². The van der Waals surface area contributed by atoms with Gasteiger partial charge in [0.15, 0.2) is 0 Å². The Bertz CT molecular complexity index is 739. The molecule has 1 unspecified atom stereocenters. The van der Waals surface area contributed by atoms with E-state index in [0.717, 1.165) is 29.7 Å². The molecule has 2 heterocycles. The summed E-state index contributed by atoms with van der Waals surface area (Å²) < 4.78 is 14.5. The molecule has 24 heavy (non-hydrogen) atoms. The zero-order valence-corrected chi connectivity index (χ0v) is 13.4. The summed E-state index contributed by atoms with van der Waals surface area (Å²) in [5.74, 6) is -0.411. The highest BCUT2D eigenvalue weighted by Gasteiger charge is 2.29. The number of halogens is 1. The summed E-state index contributed by atoms with van der Waals surface area (Å²) in [6.07, 6.45) is 4.95.